The summed E-state index contributed by atoms with van der Waals surface area (Å²) >= 11 is 1.74. The van der Waals surface area contributed by atoms with Crippen molar-refractivity contribution in [1.29, 1.82) is 0 Å². The summed E-state index contributed by atoms with van der Waals surface area (Å²) < 4.78 is 11.4. The molecule has 0 radical (unpaired) electrons. The standard InChI is InChI=1S/C15H14N2O2S/c1-9-3-4-14(20-9)15-16-10-7-12-13(8-11(10)17-15)19-6-2-5-18-12/h3-4,7-8H,2,5-6H2,1H3,(H,16,17). The van der Waals surface area contributed by atoms with Crippen LogP contribution in [0.1, 0.15) is 11.3 Å². The van der Waals surface area contributed by atoms with E-state index in [0.29, 0.717) is 13.2 Å². The SMILES string of the molecule is Cc1ccc(-c2nc3cc4c(cc3[nH]2)OCCCO4)s1. The molecule has 20 heavy (non-hydrogen) atoms. The van der Waals surface area contributed by atoms with Crippen LogP contribution in [0.3, 0.4) is 0 Å². The smallest absolute Gasteiger partial charge is 0.163 e. The lowest BCUT2D eigenvalue weighted by atomic mass is 10.3. The lowest BCUT2D eigenvalue weighted by Crippen LogP contribution is -1.97. The number of hydrogen-bond acceptors (Lipinski definition) is 4. The predicted molar refractivity (Wildman–Crippen MR) is 79.8 cm³/mol. The molecule has 4 rings (SSSR count). The van der Waals surface area contributed by atoms with Gasteiger partial charge >= 0.3 is 0 Å². The Morgan fingerprint density at radius 1 is 1.15 bits per heavy atom. The number of rotatable bonds is 1. The van der Waals surface area contributed by atoms with E-state index in [9.17, 15) is 0 Å². The molecule has 1 N–H and O–H groups in total. The van der Waals surface area contributed by atoms with Crippen molar-refractivity contribution in [2.75, 3.05) is 13.2 Å². The van der Waals surface area contributed by atoms with Gasteiger partial charge in [-0.15, -0.1) is 11.3 Å². The van der Waals surface area contributed by atoms with E-state index in [1.165, 1.54) is 4.88 Å². The van der Waals surface area contributed by atoms with Crippen molar-refractivity contribution in [2.45, 2.75) is 13.3 Å². The molecule has 3 aromatic rings. The lowest BCUT2D eigenvalue weighted by Gasteiger charge is -2.05. The summed E-state index contributed by atoms with van der Waals surface area (Å²) in [5, 5.41) is 0. The molecule has 0 unspecified atom stereocenters. The average molecular weight is 286 g/mol. The monoisotopic (exact) mass is 286 g/mol. The summed E-state index contributed by atoms with van der Waals surface area (Å²) in [4.78, 5) is 10.4. The molecule has 5 heteroatoms. The van der Waals surface area contributed by atoms with Gasteiger partial charge in [0.25, 0.3) is 0 Å². The fourth-order valence-electron chi connectivity index (χ4n) is 2.35. The highest BCUT2D eigenvalue weighted by molar-refractivity contribution is 7.15. The number of imidazole rings is 1. The Morgan fingerprint density at radius 2 is 1.95 bits per heavy atom. The normalized spacial score (nSPS) is 14.4. The number of fused-ring (bicyclic) bond motifs is 2. The summed E-state index contributed by atoms with van der Waals surface area (Å²) in [6.45, 7) is 3.49. The summed E-state index contributed by atoms with van der Waals surface area (Å²) in [5.41, 5.74) is 1.89. The van der Waals surface area contributed by atoms with Crippen LogP contribution in [-0.2, 0) is 0 Å². The van der Waals surface area contributed by atoms with Crippen LogP contribution in [0.15, 0.2) is 24.3 Å². The predicted octanol–water partition coefficient (Wildman–Crippen LogP) is 3.76. The van der Waals surface area contributed by atoms with E-state index >= 15 is 0 Å². The highest BCUT2D eigenvalue weighted by Crippen LogP contribution is 2.35. The van der Waals surface area contributed by atoms with Crippen LogP contribution in [0, 0.1) is 6.92 Å². The molecule has 2 aromatic heterocycles. The Hall–Kier alpha value is -2.01. The number of nitrogens with one attached hydrogen (secondary N) is 1. The van der Waals surface area contributed by atoms with Crippen molar-refractivity contribution in [2.24, 2.45) is 0 Å². The third kappa shape index (κ3) is 1.94. The van der Waals surface area contributed by atoms with Gasteiger partial charge in [0.1, 0.15) is 5.82 Å². The van der Waals surface area contributed by atoms with Gasteiger partial charge in [0.05, 0.1) is 29.1 Å². The van der Waals surface area contributed by atoms with Crippen molar-refractivity contribution in [3.63, 3.8) is 0 Å². The third-order valence-corrected chi connectivity index (χ3v) is 4.33. The van der Waals surface area contributed by atoms with E-state index in [1.807, 2.05) is 12.1 Å². The van der Waals surface area contributed by atoms with Crippen molar-refractivity contribution >= 4 is 22.4 Å². The highest BCUT2D eigenvalue weighted by Gasteiger charge is 2.14. The fourth-order valence-corrected chi connectivity index (χ4v) is 3.16. The zero-order valence-corrected chi connectivity index (χ0v) is 11.9. The number of benzene rings is 1. The van der Waals surface area contributed by atoms with Gasteiger partial charge < -0.3 is 14.5 Å². The molecule has 0 atom stereocenters. The van der Waals surface area contributed by atoms with Crippen molar-refractivity contribution in [3.05, 3.63) is 29.1 Å². The Morgan fingerprint density at radius 3 is 2.70 bits per heavy atom. The Balaban J connectivity index is 1.83. The van der Waals surface area contributed by atoms with Crippen LogP contribution in [0.5, 0.6) is 11.5 Å². The fraction of sp³-hybridized carbons (Fsp3) is 0.267. The van der Waals surface area contributed by atoms with E-state index in [4.69, 9.17) is 9.47 Å². The zero-order valence-electron chi connectivity index (χ0n) is 11.1. The molecule has 3 heterocycles. The number of hydrogen-bond donors (Lipinski definition) is 1. The number of H-pyrrole nitrogens is 1. The van der Waals surface area contributed by atoms with E-state index < -0.39 is 0 Å². The molecule has 102 valence electrons. The largest absolute Gasteiger partial charge is 0.489 e. The second kappa shape index (κ2) is 4.52. The minimum Gasteiger partial charge on any atom is -0.489 e. The molecule has 1 aliphatic heterocycles. The van der Waals surface area contributed by atoms with Crippen molar-refractivity contribution < 1.29 is 9.47 Å². The van der Waals surface area contributed by atoms with E-state index in [-0.39, 0.29) is 0 Å². The van der Waals surface area contributed by atoms with Crippen molar-refractivity contribution in [3.8, 4) is 22.2 Å². The lowest BCUT2D eigenvalue weighted by molar-refractivity contribution is 0.297. The Kier molecular flexibility index (Phi) is 2.67. The van der Waals surface area contributed by atoms with Crippen LogP contribution in [-0.4, -0.2) is 23.2 Å². The van der Waals surface area contributed by atoms with Crippen LogP contribution in [0.4, 0.5) is 0 Å². The van der Waals surface area contributed by atoms with E-state index in [1.54, 1.807) is 11.3 Å². The Bertz CT molecular complexity index is 732. The molecular formula is C15H14N2O2S. The number of aromatic nitrogens is 2. The van der Waals surface area contributed by atoms with Crippen LogP contribution in [0.2, 0.25) is 0 Å². The summed E-state index contributed by atoms with van der Waals surface area (Å²) in [5.74, 6) is 2.49. The maximum Gasteiger partial charge on any atom is 0.163 e. The number of thiophene rings is 1. The minimum absolute atomic E-state index is 0.694. The van der Waals surface area contributed by atoms with E-state index in [0.717, 1.165) is 39.7 Å². The first-order valence-corrected chi connectivity index (χ1v) is 7.47. The van der Waals surface area contributed by atoms with Crippen molar-refractivity contribution in [1.82, 2.24) is 9.97 Å². The van der Waals surface area contributed by atoms with Gasteiger partial charge in [0, 0.05) is 23.4 Å². The quantitative estimate of drug-likeness (QED) is 0.741. The number of aromatic amines is 1. The third-order valence-electron chi connectivity index (χ3n) is 3.32. The number of aryl methyl sites for hydroxylation is 1. The molecule has 1 aliphatic rings. The Labute approximate surface area is 120 Å². The van der Waals surface area contributed by atoms with Crippen LogP contribution < -0.4 is 9.47 Å². The maximum absolute atomic E-state index is 5.71. The van der Waals surface area contributed by atoms with Gasteiger partial charge in [-0.05, 0) is 19.1 Å². The summed E-state index contributed by atoms with van der Waals surface area (Å²) in [6, 6.07) is 8.13. The molecule has 0 amide bonds. The average Bonchev–Trinajstić information content (AvgIpc) is 2.97. The van der Waals surface area contributed by atoms with Gasteiger partial charge in [-0.3, -0.25) is 0 Å². The first kappa shape index (κ1) is 11.8. The molecular weight excluding hydrogens is 272 g/mol. The second-order valence-electron chi connectivity index (χ2n) is 4.86. The molecule has 4 nitrogen and oxygen atoms in total. The first-order valence-electron chi connectivity index (χ1n) is 6.66. The molecule has 0 fully saturated rings. The number of nitrogens with zero attached hydrogens (tertiary/aromatic N) is 1. The molecule has 1 aromatic carbocycles. The van der Waals surface area contributed by atoms with Gasteiger partial charge in [0.2, 0.25) is 0 Å². The minimum atomic E-state index is 0.694. The molecule has 0 aliphatic carbocycles. The summed E-state index contributed by atoms with van der Waals surface area (Å²) in [6.07, 6.45) is 0.912. The van der Waals surface area contributed by atoms with Gasteiger partial charge in [-0.1, -0.05) is 0 Å². The number of ether oxygens (including phenoxy) is 2. The molecule has 0 bridgehead atoms. The van der Waals surface area contributed by atoms with Crippen LogP contribution in [0.25, 0.3) is 21.7 Å². The van der Waals surface area contributed by atoms with Gasteiger partial charge in [-0.25, -0.2) is 4.98 Å². The molecule has 0 saturated carbocycles. The highest BCUT2D eigenvalue weighted by atomic mass is 32.1. The molecule has 0 spiro atoms. The van der Waals surface area contributed by atoms with E-state index in [2.05, 4.69) is 29.0 Å². The zero-order chi connectivity index (χ0) is 13.5. The molecule has 0 saturated heterocycles. The summed E-state index contributed by atoms with van der Waals surface area (Å²) in [7, 11) is 0. The maximum atomic E-state index is 5.71. The topological polar surface area (TPSA) is 47.1 Å². The second-order valence-corrected chi connectivity index (χ2v) is 6.15. The first-order chi connectivity index (χ1) is 9.79. The van der Waals surface area contributed by atoms with Gasteiger partial charge in [0.15, 0.2) is 11.5 Å². The van der Waals surface area contributed by atoms with Crippen LogP contribution >= 0.6 is 11.3 Å². The van der Waals surface area contributed by atoms with Gasteiger partial charge in [-0.2, -0.15) is 0 Å².